The van der Waals surface area contributed by atoms with Crippen LogP contribution >= 0.6 is 0 Å². The summed E-state index contributed by atoms with van der Waals surface area (Å²) in [6.45, 7) is 12.6. The lowest BCUT2D eigenvalue weighted by atomic mass is 9.85. The summed E-state index contributed by atoms with van der Waals surface area (Å²) in [6, 6.07) is 0. The minimum atomic E-state index is -0.184. The lowest BCUT2D eigenvalue weighted by Gasteiger charge is -2.39. The highest BCUT2D eigenvalue weighted by atomic mass is 16.2. The lowest BCUT2D eigenvalue weighted by molar-refractivity contribution is -0.143. The van der Waals surface area contributed by atoms with Crippen LogP contribution in [0.3, 0.4) is 0 Å². The van der Waals surface area contributed by atoms with E-state index < -0.39 is 0 Å². The zero-order valence-corrected chi connectivity index (χ0v) is 10.8. The first-order valence-electron chi connectivity index (χ1n) is 6.16. The maximum Gasteiger partial charge on any atom is 0.228 e. The molecule has 0 aromatic heterocycles. The molecule has 0 bridgehead atoms. The normalized spacial score (nSPS) is 27.9. The van der Waals surface area contributed by atoms with Gasteiger partial charge in [0.25, 0.3) is 0 Å². The second-order valence-electron chi connectivity index (χ2n) is 5.89. The molecular weight excluding hydrogens is 186 g/mol. The summed E-state index contributed by atoms with van der Waals surface area (Å²) in [4.78, 5) is 14.3. The highest BCUT2D eigenvalue weighted by Gasteiger charge is 2.33. The van der Waals surface area contributed by atoms with Crippen molar-refractivity contribution in [2.45, 2.75) is 47.5 Å². The Bertz CT molecular complexity index is 225. The van der Waals surface area contributed by atoms with Gasteiger partial charge in [-0.25, -0.2) is 0 Å². The van der Waals surface area contributed by atoms with E-state index in [-0.39, 0.29) is 5.41 Å². The van der Waals surface area contributed by atoms with E-state index in [0.717, 1.165) is 19.5 Å². The number of hydrogen-bond donors (Lipinski definition) is 0. The van der Waals surface area contributed by atoms with E-state index in [2.05, 4.69) is 39.5 Å². The molecule has 1 aliphatic heterocycles. The molecule has 15 heavy (non-hydrogen) atoms. The van der Waals surface area contributed by atoms with Gasteiger partial charge in [-0.3, -0.25) is 4.79 Å². The summed E-state index contributed by atoms with van der Waals surface area (Å²) >= 11 is 0. The Morgan fingerprint density at radius 2 is 1.73 bits per heavy atom. The Morgan fingerprint density at radius 3 is 2.13 bits per heavy atom. The Kier molecular flexibility index (Phi) is 3.80. The predicted molar refractivity (Wildman–Crippen MR) is 63.6 cm³/mol. The van der Waals surface area contributed by atoms with Gasteiger partial charge in [0.1, 0.15) is 0 Å². The Morgan fingerprint density at radius 1 is 1.27 bits per heavy atom. The number of hydrogen-bond acceptors (Lipinski definition) is 1. The van der Waals surface area contributed by atoms with E-state index in [1.165, 1.54) is 6.42 Å². The number of carbonyl (C=O) groups is 1. The molecule has 0 aromatic rings. The van der Waals surface area contributed by atoms with Gasteiger partial charge in [0, 0.05) is 18.5 Å². The number of nitrogens with zero attached hydrogens (tertiary/aromatic N) is 1. The van der Waals surface area contributed by atoms with Gasteiger partial charge in [-0.15, -0.1) is 0 Å². The number of piperidine rings is 1. The van der Waals surface area contributed by atoms with Crippen molar-refractivity contribution in [1.82, 2.24) is 4.90 Å². The van der Waals surface area contributed by atoms with Gasteiger partial charge in [-0.1, -0.05) is 34.6 Å². The fraction of sp³-hybridized carbons (Fsp3) is 0.923. The highest BCUT2D eigenvalue weighted by Crippen LogP contribution is 2.28. The van der Waals surface area contributed by atoms with Crippen LogP contribution in [0, 0.1) is 17.3 Å². The van der Waals surface area contributed by atoms with Gasteiger partial charge >= 0.3 is 0 Å². The zero-order chi connectivity index (χ0) is 11.6. The molecule has 1 fully saturated rings. The van der Waals surface area contributed by atoms with Crippen molar-refractivity contribution in [3.8, 4) is 0 Å². The molecule has 2 unspecified atom stereocenters. The molecule has 1 aliphatic rings. The Hall–Kier alpha value is -0.530. The minimum Gasteiger partial charge on any atom is -0.342 e. The smallest absolute Gasteiger partial charge is 0.228 e. The van der Waals surface area contributed by atoms with Gasteiger partial charge in [0.15, 0.2) is 0 Å². The quantitative estimate of drug-likeness (QED) is 0.687. The molecule has 2 atom stereocenters. The van der Waals surface area contributed by atoms with Crippen molar-refractivity contribution in [2.75, 3.05) is 13.1 Å². The Labute approximate surface area is 94.0 Å². The summed E-state index contributed by atoms with van der Waals surface area (Å²) in [5.41, 5.74) is -0.184. The van der Waals surface area contributed by atoms with Crippen LogP contribution in [0.2, 0.25) is 0 Å². The molecule has 2 nitrogen and oxygen atoms in total. The van der Waals surface area contributed by atoms with Crippen LogP contribution in [0.4, 0.5) is 0 Å². The van der Waals surface area contributed by atoms with Crippen LogP contribution in [0.5, 0.6) is 0 Å². The summed E-state index contributed by atoms with van der Waals surface area (Å²) in [7, 11) is 0. The molecule has 1 heterocycles. The Balaban J connectivity index is 2.67. The minimum absolute atomic E-state index is 0.184. The average molecular weight is 211 g/mol. The van der Waals surface area contributed by atoms with Crippen molar-refractivity contribution in [1.29, 1.82) is 0 Å². The van der Waals surface area contributed by atoms with Gasteiger partial charge in [-0.05, 0) is 24.7 Å². The standard InChI is InChI=1S/C13H25NO/c1-6-13(4,5)12(15)14-8-10(2)7-11(3)9-14/h10-11H,6-9H2,1-5H3. The van der Waals surface area contributed by atoms with E-state index in [9.17, 15) is 4.79 Å². The SMILES string of the molecule is CCC(C)(C)C(=O)N1CC(C)CC(C)C1. The molecule has 0 spiro atoms. The maximum absolute atomic E-state index is 12.3. The average Bonchev–Trinajstić information content (AvgIpc) is 2.15. The third-order valence-corrected chi connectivity index (χ3v) is 3.62. The highest BCUT2D eigenvalue weighted by molar-refractivity contribution is 5.82. The molecule has 0 saturated carbocycles. The van der Waals surface area contributed by atoms with Crippen molar-refractivity contribution in [3.05, 3.63) is 0 Å². The van der Waals surface area contributed by atoms with Crippen LogP contribution in [0.15, 0.2) is 0 Å². The van der Waals surface area contributed by atoms with Crippen molar-refractivity contribution in [2.24, 2.45) is 17.3 Å². The summed E-state index contributed by atoms with van der Waals surface area (Å²) < 4.78 is 0. The third-order valence-electron chi connectivity index (χ3n) is 3.62. The van der Waals surface area contributed by atoms with E-state index in [0.29, 0.717) is 17.7 Å². The van der Waals surface area contributed by atoms with E-state index in [1.807, 2.05) is 0 Å². The number of likely N-dealkylation sites (tertiary alicyclic amines) is 1. The lowest BCUT2D eigenvalue weighted by Crippen LogP contribution is -2.47. The van der Waals surface area contributed by atoms with Crippen molar-refractivity contribution in [3.63, 3.8) is 0 Å². The summed E-state index contributed by atoms with van der Waals surface area (Å²) in [5, 5.41) is 0. The topological polar surface area (TPSA) is 20.3 Å². The van der Waals surface area contributed by atoms with Crippen molar-refractivity contribution < 1.29 is 4.79 Å². The molecule has 0 N–H and O–H groups in total. The number of rotatable bonds is 2. The molecule has 1 amide bonds. The maximum atomic E-state index is 12.3. The largest absolute Gasteiger partial charge is 0.342 e. The van der Waals surface area contributed by atoms with E-state index in [4.69, 9.17) is 0 Å². The van der Waals surface area contributed by atoms with Crippen molar-refractivity contribution >= 4 is 5.91 Å². The molecule has 0 aliphatic carbocycles. The zero-order valence-electron chi connectivity index (χ0n) is 10.8. The molecule has 0 aromatic carbocycles. The molecule has 2 heteroatoms. The first-order chi connectivity index (χ1) is 6.86. The van der Waals surface area contributed by atoms with Gasteiger partial charge < -0.3 is 4.90 Å². The summed E-state index contributed by atoms with van der Waals surface area (Å²) in [6.07, 6.45) is 2.18. The molecular formula is C13H25NO. The predicted octanol–water partition coefficient (Wildman–Crippen LogP) is 2.93. The molecule has 88 valence electrons. The van der Waals surface area contributed by atoms with Crippen LogP contribution in [-0.4, -0.2) is 23.9 Å². The molecule has 0 radical (unpaired) electrons. The fourth-order valence-corrected chi connectivity index (χ4v) is 2.41. The van der Waals surface area contributed by atoms with Crippen LogP contribution < -0.4 is 0 Å². The van der Waals surface area contributed by atoms with Crippen LogP contribution in [-0.2, 0) is 4.79 Å². The second kappa shape index (κ2) is 4.54. The van der Waals surface area contributed by atoms with Gasteiger partial charge in [0.2, 0.25) is 5.91 Å². The first-order valence-corrected chi connectivity index (χ1v) is 6.16. The van der Waals surface area contributed by atoms with Crippen LogP contribution in [0.1, 0.15) is 47.5 Å². The number of carbonyl (C=O) groups excluding carboxylic acids is 1. The molecule has 1 rings (SSSR count). The van der Waals surface area contributed by atoms with E-state index in [1.54, 1.807) is 0 Å². The van der Waals surface area contributed by atoms with Gasteiger partial charge in [0.05, 0.1) is 0 Å². The fourth-order valence-electron chi connectivity index (χ4n) is 2.41. The third kappa shape index (κ3) is 2.96. The second-order valence-corrected chi connectivity index (χ2v) is 5.89. The monoisotopic (exact) mass is 211 g/mol. The van der Waals surface area contributed by atoms with Gasteiger partial charge in [-0.2, -0.15) is 0 Å². The van der Waals surface area contributed by atoms with Crippen LogP contribution in [0.25, 0.3) is 0 Å². The number of amides is 1. The first kappa shape index (κ1) is 12.5. The molecule has 1 saturated heterocycles. The van der Waals surface area contributed by atoms with E-state index >= 15 is 0 Å². The summed E-state index contributed by atoms with van der Waals surface area (Å²) in [5.74, 6) is 1.65.